The van der Waals surface area contributed by atoms with E-state index in [0.717, 1.165) is 0 Å². The van der Waals surface area contributed by atoms with E-state index in [4.69, 9.17) is 18.1 Å². The van der Waals surface area contributed by atoms with Crippen LogP contribution in [0.1, 0.15) is 12.8 Å². The third kappa shape index (κ3) is 2.13. The summed E-state index contributed by atoms with van der Waals surface area (Å²) in [6, 6.07) is -1.13. The maximum absolute atomic E-state index is 11.1. The van der Waals surface area contributed by atoms with E-state index in [2.05, 4.69) is 0 Å². The second-order valence-electron chi connectivity index (χ2n) is 3.82. The van der Waals surface area contributed by atoms with E-state index in [9.17, 15) is 14.4 Å². The van der Waals surface area contributed by atoms with Crippen LogP contribution >= 0.6 is 0 Å². The molecule has 7 nitrogen and oxygen atoms in total. The lowest BCUT2D eigenvalue weighted by Crippen LogP contribution is -2.51. The lowest BCUT2D eigenvalue weighted by molar-refractivity contribution is -0.165. The fraction of sp³-hybridized carbons (Fsp3) is 0.667. The summed E-state index contributed by atoms with van der Waals surface area (Å²) >= 11 is 0. The molecule has 0 bridgehead atoms. The summed E-state index contributed by atoms with van der Waals surface area (Å²) in [4.78, 5) is 33.1. The summed E-state index contributed by atoms with van der Waals surface area (Å²) in [5.74, 6) is -8.90. The second kappa shape index (κ2) is 4.48. The van der Waals surface area contributed by atoms with Gasteiger partial charge in [-0.3, -0.25) is 14.4 Å². The predicted molar refractivity (Wildman–Crippen MR) is 50.6 cm³/mol. The highest BCUT2D eigenvalue weighted by Crippen LogP contribution is 2.35. The number of hydrogen-bond donors (Lipinski definition) is 4. The summed E-state index contributed by atoms with van der Waals surface area (Å²) in [5, 5.41) is 27.0. The van der Waals surface area contributed by atoms with Crippen molar-refractivity contribution in [3.63, 3.8) is 0 Å². The number of hydrogen-bond acceptors (Lipinski definition) is 4. The minimum atomic E-state index is -1.63. The summed E-state index contributed by atoms with van der Waals surface area (Å²) < 4.78 is 14.2. The van der Waals surface area contributed by atoms with Crippen LogP contribution in [0.4, 0.5) is 0 Å². The topological polar surface area (TPSA) is 138 Å². The molecule has 0 saturated heterocycles. The van der Waals surface area contributed by atoms with Crippen molar-refractivity contribution in [3.05, 3.63) is 0 Å². The molecule has 7 heteroatoms. The van der Waals surface area contributed by atoms with Crippen molar-refractivity contribution in [1.29, 1.82) is 0 Å². The molecule has 4 atom stereocenters. The largest absolute Gasteiger partial charge is 0.481 e. The molecular formula is C9H13NO6. The van der Waals surface area contributed by atoms with Crippen molar-refractivity contribution >= 4 is 17.9 Å². The Morgan fingerprint density at radius 1 is 1.00 bits per heavy atom. The van der Waals surface area contributed by atoms with Gasteiger partial charge < -0.3 is 21.0 Å². The fourth-order valence-electron chi connectivity index (χ4n) is 2.12. The Balaban J connectivity index is 3.14. The molecule has 0 aromatic rings. The Labute approximate surface area is 93.8 Å². The Kier molecular flexibility index (Phi) is 2.68. The number of carbonyl (C=O) groups is 3. The van der Waals surface area contributed by atoms with Crippen LogP contribution in [-0.4, -0.2) is 39.3 Å². The number of rotatable bonds is 4. The molecule has 0 aliphatic heterocycles. The Bertz CT molecular complexity index is 374. The highest BCUT2D eigenvalue weighted by molar-refractivity contribution is 5.86. The van der Waals surface area contributed by atoms with E-state index in [1.165, 1.54) is 0 Å². The van der Waals surface area contributed by atoms with Gasteiger partial charge >= 0.3 is 17.9 Å². The van der Waals surface area contributed by atoms with E-state index < -0.39 is 41.7 Å². The summed E-state index contributed by atoms with van der Waals surface area (Å²) in [5.41, 5.74) is 0.146. The molecule has 1 fully saturated rings. The molecule has 1 saturated carbocycles. The van der Waals surface area contributed by atoms with Crippen LogP contribution < -0.4 is 5.72 Å². The normalized spacial score (nSPS) is 36.3. The van der Waals surface area contributed by atoms with E-state index in [-0.39, 0.29) is 18.6 Å². The quantitative estimate of drug-likeness (QED) is 0.499. The van der Waals surface area contributed by atoms with E-state index in [1.54, 1.807) is 0 Å². The smallest absolute Gasteiger partial charge is 0.308 e. The van der Waals surface area contributed by atoms with E-state index >= 15 is 0 Å². The molecule has 1 aliphatic carbocycles. The first kappa shape index (κ1) is 9.59. The molecule has 0 aromatic carbocycles. The zero-order valence-electron chi connectivity index (χ0n) is 10.2. The number of carboxylic acid groups (broad SMARTS) is 3. The van der Waals surface area contributed by atoms with Gasteiger partial charge in [0.15, 0.2) is 0 Å². The van der Waals surface area contributed by atoms with Crippen molar-refractivity contribution in [3.8, 4) is 0 Å². The van der Waals surface area contributed by atoms with Crippen LogP contribution in [-0.2, 0) is 14.4 Å². The molecule has 0 spiro atoms. The van der Waals surface area contributed by atoms with Crippen LogP contribution in [0.15, 0.2) is 0 Å². The zero-order valence-corrected chi connectivity index (χ0v) is 8.24. The van der Waals surface area contributed by atoms with Crippen LogP contribution in [0.3, 0.4) is 0 Å². The maximum atomic E-state index is 11.1. The van der Waals surface area contributed by atoms with Gasteiger partial charge in [0, 0.05) is 6.04 Å². The van der Waals surface area contributed by atoms with Crippen LogP contribution in [0, 0.1) is 17.8 Å². The molecule has 1 aliphatic rings. The monoisotopic (exact) mass is 233 g/mol. The Morgan fingerprint density at radius 2 is 1.56 bits per heavy atom. The molecule has 0 amide bonds. The lowest BCUT2D eigenvalue weighted by atomic mass is 9.69. The van der Waals surface area contributed by atoms with Crippen molar-refractivity contribution < 1.29 is 32.5 Å². The average molecular weight is 233 g/mol. The maximum Gasteiger partial charge on any atom is 0.308 e. The molecule has 0 heterocycles. The van der Waals surface area contributed by atoms with Crippen molar-refractivity contribution in [1.82, 2.24) is 0 Å². The van der Waals surface area contributed by atoms with Gasteiger partial charge in [0.2, 0.25) is 0 Å². The zero-order chi connectivity index (χ0) is 14.0. The first-order valence-corrected chi connectivity index (χ1v) is 4.72. The standard InChI is InChI=1S/C9H13NO6/c10-4-2-1-3(7(11)12)5(8(13)14)6(4)9(15)16/h3-6H,1-2,10H2,(H,11,12)(H,13,14)(H,15,16)/t3-,4+,5+,6-/m0/s1/i/hD2. The molecule has 0 radical (unpaired) electrons. The third-order valence-corrected chi connectivity index (χ3v) is 2.90. The summed E-state index contributed by atoms with van der Waals surface area (Å²) in [6.45, 7) is 0. The van der Waals surface area contributed by atoms with Crippen LogP contribution in [0.5, 0.6) is 0 Å². The predicted octanol–water partition coefficient (Wildman–Crippen LogP) is -0.790. The minimum absolute atomic E-state index is 0.00921. The highest BCUT2D eigenvalue weighted by atomic mass is 16.4. The van der Waals surface area contributed by atoms with Gasteiger partial charge in [0.1, 0.15) is 2.82 Å². The molecule has 90 valence electrons. The van der Waals surface area contributed by atoms with E-state index in [0.29, 0.717) is 0 Å². The highest BCUT2D eigenvalue weighted by Gasteiger charge is 2.49. The Morgan fingerprint density at radius 3 is 1.94 bits per heavy atom. The van der Waals surface area contributed by atoms with Gasteiger partial charge in [-0.2, -0.15) is 0 Å². The van der Waals surface area contributed by atoms with Crippen molar-refractivity contribution in [2.24, 2.45) is 23.5 Å². The minimum Gasteiger partial charge on any atom is -0.481 e. The molecule has 16 heavy (non-hydrogen) atoms. The molecular weight excluding hydrogens is 218 g/mol. The van der Waals surface area contributed by atoms with Gasteiger partial charge in [-0.05, 0) is 12.8 Å². The van der Waals surface area contributed by atoms with Crippen LogP contribution in [0.25, 0.3) is 0 Å². The SMILES string of the molecule is [2H]N([2H])[C@@H]1CC[C@H](C(=O)O)[C@@H](C(=O)O)[C@H]1C(=O)O. The average Bonchev–Trinajstić information content (AvgIpc) is 2.26. The lowest BCUT2D eigenvalue weighted by Gasteiger charge is -2.34. The first-order valence-electron chi connectivity index (χ1n) is 5.62. The number of aliphatic carboxylic acids is 3. The molecule has 0 aromatic heterocycles. The van der Waals surface area contributed by atoms with Crippen molar-refractivity contribution in [2.75, 3.05) is 0 Å². The van der Waals surface area contributed by atoms with Gasteiger partial charge in [-0.15, -0.1) is 0 Å². The third-order valence-electron chi connectivity index (χ3n) is 2.90. The molecule has 1 rings (SSSR count). The first-order chi connectivity index (χ1) is 8.27. The summed E-state index contributed by atoms with van der Waals surface area (Å²) in [7, 11) is 0. The number of nitrogens with two attached hydrogens (primary N) is 1. The van der Waals surface area contributed by atoms with Gasteiger partial charge in [0.25, 0.3) is 0 Å². The fourth-order valence-corrected chi connectivity index (χ4v) is 2.12. The number of carboxylic acids is 3. The van der Waals surface area contributed by atoms with Crippen molar-refractivity contribution in [2.45, 2.75) is 18.9 Å². The van der Waals surface area contributed by atoms with Gasteiger partial charge in [-0.1, -0.05) is 0 Å². The van der Waals surface area contributed by atoms with Crippen LogP contribution in [0.2, 0.25) is 2.82 Å². The van der Waals surface area contributed by atoms with E-state index in [1.807, 2.05) is 0 Å². The molecule has 0 unspecified atom stereocenters. The second-order valence-corrected chi connectivity index (χ2v) is 3.82. The Hall–Kier alpha value is -1.63. The van der Waals surface area contributed by atoms with Gasteiger partial charge in [0.05, 0.1) is 17.8 Å². The molecule has 5 N–H and O–H groups in total. The summed E-state index contributed by atoms with van der Waals surface area (Å²) in [6.07, 6.45) is -0.0697. The van der Waals surface area contributed by atoms with Gasteiger partial charge in [-0.25, -0.2) is 0 Å².